The fourth-order valence-electron chi connectivity index (χ4n) is 2.96. The van der Waals surface area contributed by atoms with Gasteiger partial charge in [-0.2, -0.15) is 0 Å². The van der Waals surface area contributed by atoms with Crippen molar-refractivity contribution in [3.8, 4) is 11.5 Å². The van der Waals surface area contributed by atoms with Crippen molar-refractivity contribution in [2.24, 2.45) is 0 Å². The molecule has 0 spiro atoms. The molecule has 0 fully saturated rings. The zero-order chi connectivity index (χ0) is 24.3. The second-order valence-corrected chi connectivity index (χ2v) is 10.5. The van der Waals surface area contributed by atoms with E-state index in [-0.39, 0.29) is 56.0 Å². The molecule has 0 unspecified atom stereocenters. The summed E-state index contributed by atoms with van der Waals surface area (Å²) in [7, 11) is -1.34. The number of hydrogen-bond acceptors (Lipinski definition) is 6. The zero-order valence-electron chi connectivity index (χ0n) is 19.3. The first kappa shape index (κ1) is 26.3. The lowest BCUT2D eigenvalue weighted by Gasteiger charge is -2.20. The average Bonchev–Trinajstić information content (AvgIpc) is 2.79. The van der Waals surface area contributed by atoms with Crippen molar-refractivity contribution in [1.82, 2.24) is 10.4 Å². The molecular formula is C24H31N2O6P. The smallest absolute Gasteiger partial charge is 0.221 e. The molecule has 2 aromatic carbocycles. The highest BCUT2D eigenvalue weighted by molar-refractivity contribution is 7.61. The molecule has 9 heteroatoms. The highest BCUT2D eigenvalue weighted by Crippen LogP contribution is 2.40. The fraction of sp³-hybridized carbons (Fsp3) is 0.375. The molecule has 0 heterocycles. The number of carbonyl (C=O) groups excluding carboxylic acids is 3. The van der Waals surface area contributed by atoms with Gasteiger partial charge in [0.2, 0.25) is 5.91 Å². The maximum absolute atomic E-state index is 13.5. The maximum atomic E-state index is 13.5. The van der Waals surface area contributed by atoms with E-state index in [0.717, 1.165) is 0 Å². The van der Waals surface area contributed by atoms with Crippen LogP contribution in [0.25, 0.3) is 0 Å². The predicted molar refractivity (Wildman–Crippen MR) is 128 cm³/mol. The average molecular weight is 474 g/mol. The van der Waals surface area contributed by atoms with Crippen molar-refractivity contribution < 1.29 is 28.4 Å². The highest BCUT2D eigenvalue weighted by atomic mass is 31.2. The van der Waals surface area contributed by atoms with Gasteiger partial charge in [0.05, 0.1) is 13.2 Å². The first-order valence-electron chi connectivity index (χ1n) is 10.7. The molecule has 0 aromatic heterocycles. The lowest BCUT2D eigenvalue weighted by molar-refractivity contribution is -0.120. The number of ether oxygens (including phenoxy) is 2. The van der Waals surface area contributed by atoms with Gasteiger partial charge in [0.15, 0.2) is 18.9 Å². The number of rotatable bonds is 14. The summed E-state index contributed by atoms with van der Waals surface area (Å²) < 4.78 is 24.9. The number of amides is 1. The highest BCUT2D eigenvalue weighted by Gasteiger charge is 2.22. The van der Waals surface area contributed by atoms with Crippen molar-refractivity contribution in [2.75, 3.05) is 39.1 Å². The molecule has 178 valence electrons. The van der Waals surface area contributed by atoms with Crippen molar-refractivity contribution in [1.29, 1.82) is 0 Å². The molecule has 0 aliphatic carbocycles. The molecule has 2 rings (SSSR count). The summed E-state index contributed by atoms with van der Waals surface area (Å²) in [6.07, 6.45) is 0.713. The standard InChI is InChI=1S/C24H31N2O6P/c1-18(27)20-4-8-22(9-5-20)31-14-16-33(30,26-13-12-24(29)25-3)17-15-32-23-10-6-21(7-11-23)19(2)28/h4-11H,12-17H2,1-3H3,(H,25,29)(H,26,30). The van der Waals surface area contributed by atoms with Crippen molar-refractivity contribution in [3.05, 3.63) is 59.7 Å². The van der Waals surface area contributed by atoms with E-state index in [1.165, 1.54) is 13.8 Å². The Morgan fingerprint density at radius 1 is 0.788 bits per heavy atom. The van der Waals surface area contributed by atoms with Crippen LogP contribution in [0.2, 0.25) is 0 Å². The van der Waals surface area contributed by atoms with Crippen LogP contribution in [-0.2, 0) is 9.36 Å². The number of hydrogen-bond donors (Lipinski definition) is 2. The van der Waals surface area contributed by atoms with Gasteiger partial charge < -0.3 is 19.4 Å². The SMILES string of the molecule is CNC(=O)CCNP(=O)(CCOc1ccc(C(C)=O)cc1)CCOc1ccc(C(C)=O)cc1. The summed E-state index contributed by atoms with van der Waals surface area (Å²) in [6, 6.07) is 13.5. The van der Waals surface area contributed by atoms with Crippen LogP contribution in [0.1, 0.15) is 41.0 Å². The Labute approximate surface area is 194 Å². The maximum Gasteiger partial charge on any atom is 0.221 e. The summed E-state index contributed by atoms with van der Waals surface area (Å²) in [5.41, 5.74) is 1.19. The quantitative estimate of drug-likeness (QED) is 0.318. The van der Waals surface area contributed by atoms with E-state index >= 15 is 0 Å². The summed E-state index contributed by atoms with van der Waals surface area (Å²) >= 11 is 0. The Bertz CT molecular complexity index is 922. The molecule has 0 aliphatic heterocycles. The number of ketones is 2. The van der Waals surface area contributed by atoms with Crippen molar-refractivity contribution in [3.63, 3.8) is 0 Å². The van der Waals surface area contributed by atoms with Crippen LogP contribution in [0.3, 0.4) is 0 Å². The van der Waals surface area contributed by atoms with Crippen LogP contribution in [0.15, 0.2) is 48.5 Å². The van der Waals surface area contributed by atoms with Crippen LogP contribution in [0.5, 0.6) is 11.5 Å². The predicted octanol–water partition coefficient (Wildman–Crippen LogP) is 3.55. The Hall–Kier alpha value is -2.96. The molecule has 0 saturated heterocycles. The topological polar surface area (TPSA) is 111 Å². The van der Waals surface area contributed by atoms with E-state index in [0.29, 0.717) is 22.6 Å². The van der Waals surface area contributed by atoms with Gasteiger partial charge in [0.25, 0.3) is 0 Å². The normalized spacial score (nSPS) is 11.0. The van der Waals surface area contributed by atoms with Gasteiger partial charge in [0, 0.05) is 43.5 Å². The summed E-state index contributed by atoms with van der Waals surface area (Å²) in [4.78, 5) is 34.3. The fourth-order valence-corrected chi connectivity index (χ4v) is 4.79. The van der Waals surface area contributed by atoms with E-state index < -0.39 is 7.29 Å². The first-order chi connectivity index (χ1) is 15.7. The van der Waals surface area contributed by atoms with E-state index in [1.807, 2.05) is 0 Å². The largest absolute Gasteiger partial charge is 0.493 e. The van der Waals surface area contributed by atoms with Gasteiger partial charge in [-0.1, -0.05) is 0 Å². The Morgan fingerprint density at radius 3 is 1.58 bits per heavy atom. The lowest BCUT2D eigenvalue weighted by atomic mass is 10.1. The van der Waals surface area contributed by atoms with Crippen molar-refractivity contribution >= 4 is 24.8 Å². The van der Waals surface area contributed by atoms with Crippen LogP contribution >= 0.6 is 7.29 Å². The molecule has 0 bridgehead atoms. The molecule has 8 nitrogen and oxygen atoms in total. The monoisotopic (exact) mass is 474 g/mol. The van der Waals surface area contributed by atoms with E-state index in [1.54, 1.807) is 55.6 Å². The zero-order valence-corrected chi connectivity index (χ0v) is 20.2. The Kier molecular flexibility index (Phi) is 10.3. The second kappa shape index (κ2) is 12.9. The van der Waals surface area contributed by atoms with Gasteiger partial charge in [-0.15, -0.1) is 0 Å². The summed E-state index contributed by atoms with van der Waals surface area (Å²) in [5, 5.41) is 5.57. The molecule has 2 N–H and O–H groups in total. The number of Topliss-reactive ketones (excluding diaryl/α,β-unsaturated/α-hetero) is 2. The number of benzene rings is 2. The molecule has 1 amide bonds. The van der Waals surface area contributed by atoms with Gasteiger partial charge in [-0.25, -0.2) is 0 Å². The summed E-state index contributed by atoms with van der Waals surface area (Å²) in [6.45, 7) is 3.68. The number of nitrogens with one attached hydrogen (secondary N) is 2. The van der Waals surface area contributed by atoms with Crippen molar-refractivity contribution in [2.45, 2.75) is 20.3 Å². The lowest BCUT2D eigenvalue weighted by Crippen LogP contribution is -2.26. The minimum absolute atomic E-state index is 0.0256. The Balaban J connectivity index is 1.92. The third-order valence-corrected chi connectivity index (χ3v) is 7.60. The van der Waals surface area contributed by atoms with E-state index in [4.69, 9.17) is 9.47 Å². The van der Waals surface area contributed by atoms with Crippen LogP contribution < -0.4 is 19.9 Å². The molecule has 0 radical (unpaired) electrons. The van der Waals surface area contributed by atoms with Crippen LogP contribution in [0.4, 0.5) is 0 Å². The van der Waals surface area contributed by atoms with Gasteiger partial charge in [0.1, 0.15) is 11.5 Å². The second-order valence-electron chi connectivity index (χ2n) is 7.53. The van der Waals surface area contributed by atoms with Crippen LogP contribution in [-0.4, -0.2) is 56.6 Å². The number of carbonyl (C=O) groups is 3. The molecule has 0 atom stereocenters. The molecule has 0 saturated carbocycles. The molecular weight excluding hydrogens is 443 g/mol. The van der Waals surface area contributed by atoms with Gasteiger partial charge in [-0.05, 0) is 62.4 Å². The molecule has 0 aliphatic rings. The van der Waals surface area contributed by atoms with E-state index in [9.17, 15) is 18.9 Å². The van der Waals surface area contributed by atoms with Crippen LogP contribution in [0, 0.1) is 0 Å². The van der Waals surface area contributed by atoms with Gasteiger partial charge in [-0.3, -0.25) is 19.5 Å². The minimum atomic E-state index is -2.90. The molecule has 33 heavy (non-hydrogen) atoms. The third-order valence-electron chi connectivity index (χ3n) is 4.99. The Morgan fingerprint density at radius 2 is 1.21 bits per heavy atom. The molecule has 2 aromatic rings. The minimum Gasteiger partial charge on any atom is -0.493 e. The summed E-state index contributed by atoms with van der Waals surface area (Å²) in [5.74, 6) is 0.972. The van der Waals surface area contributed by atoms with E-state index in [2.05, 4.69) is 10.4 Å². The third kappa shape index (κ3) is 9.20. The van der Waals surface area contributed by atoms with Gasteiger partial charge >= 0.3 is 0 Å². The first-order valence-corrected chi connectivity index (χ1v) is 12.8.